The van der Waals surface area contributed by atoms with Crippen LogP contribution in [0.25, 0.3) is 0 Å². The Morgan fingerprint density at radius 3 is 2.87 bits per heavy atom. The van der Waals surface area contributed by atoms with Gasteiger partial charge in [0.25, 0.3) is 0 Å². The van der Waals surface area contributed by atoms with Gasteiger partial charge in [0.15, 0.2) is 0 Å². The van der Waals surface area contributed by atoms with Crippen LogP contribution in [0, 0.1) is 12.8 Å². The summed E-state index contributed by atoms with van der Waals surface area (Å²) in [7, 11) is 0. The molecule has 0 bridgehead atoms. The molecule has 0 fully saturated rings. The highest BCUT2D eigenvalue weighted by atomic mass is 79.9. The summed E-state index contributed by atoms with van der Waals surface area (Å²) >= 11 is 3.41. The van der Waals surface area contributed by atoms with Crippen LogP contribution in [0.15, 0.2) is 22.7 Å². The molecule has 0 aliphatic carbocycles. The minimum Gasteiger partial charge on any atom is -0.330 e. The number of hydrogen-bond donors (Lipinski definition) is 2. The highest BCUT2D eigenvalue weighted by Crippen LogP contribution is 2.23. The number of anilines is 1. The third-order valence-electron chi connectivity index (χ3n) is 2.33. The van der Waals surface area contributed by atoms with Crippen molar-refractivity contribution in [3.05, 3.63) is 28.2 Å². The molecule has 0 aliphatic rings. The van der Waals surface area contributed by atoms with Crippen LogP contribution >= 0.6 is 15.9 Å². The summed E-state index contributed by atoms with van der Waals surface area (Å²) in [6.45, 7) is 4.12. The van der Waals surface area contributed by atoms with E-state index >= 15 is 0 Å². The van der Waals surface area contributed by atoms with Crippen molar-refractivity contribution in [2.24, 2.45) is 11.7 Å². The van der Waals surface area contributed by atoms with Crippen molar-refractivity contribution in [1.82, 2.24) is 0 Å². The summed E-state index contributed by atoms with van der Waals surface area (Å²) in [5.41, 5.74) is 7.28. The molecular formula is C11H15BrN2O. The van der Waals surface area contributed by atoms with E-state index in [2.05, 4.69) is 21.2 Å². The van der Waals surface area contributed by atoms with Crippen LogP contribution in [0.2, 0.25) is 0 Å². The molecule has 0 saturated heterocycles. The number of nitrogens with two attached hydrogens (primary N) is 1. The molecule has 1 rings (SSSR count). The Hall–Kier alpha value is -0.870. The molecule has 1 amide bonds. The second-order valence-electron chi connectivity index (χ2n) is 3.54. The molecule has 1 unspecified atom stereocenters. The zero-order chi connectivity index (χ0) is 11.4. The van der Waals surface area contributed by atoms with E-state index in [1.54, 1.807) is 0 Å². The number of benzene rings is 1. The van der Waals surface area contributed by atoms with Crippen LogP contribution in [0.3, 0.4) is 0 Å². The molecule has 4 heteroatoms. The van der Waals surface area contributed by atoms with E-state index in [0.717, 1.165) is 15.7 Å². The van der Waals surface area contributed by atoms with Gasteiger partial charge in [-0.3, -0.25) is 4.79 Å². The highest BCUT2D eigenvalue weighted by Gasteiger charge is 2.12. The van der Waals surface area contributed by atoms with E-state index in [4.69, 9.17) is 5.73 Å². The molecule has 0 aromatic heterocycles. The molecule has 0 heterocycles. The van der Waals surface area contributed by atoms with Crippen molar-refractivity contribution < 1.29 is 4.79 Å². The average Bonchev–Trinajstić information content (AvgIpc) is 2.23. The Kier molecular flexibility index (Phi) is 4.29. The zero-order valence-electron chi connectivity index (χ0n) is 8.88. The molecule has 0 spiro atoms. The maximum atomic E-state index is 11.6. The van der Waals surface area contributed by atoms with E-state index in [1.165, 1.54) is 0 Å². The van der Waals surface area contributed by atoms with Crippen molar-refractivity contribution in [2.45, 2.75) is 13.8 Å². The first kappa shape index (κ1) is 12.2. The number of nitrogens with one attached hydrogen (secondary N) is 1. The first-order valence-corrected chi connectivity index (χ1v) is 5.61. The fourth-order valence-corrected chi connectivity index (χ4v) is 1.47. The van der Waals surface area contributed by atoms with Crippen molar-refractivity contribution in [3.63, 3.8) is 0 Å². The Morgan fingerprint density at radius 1 is 1.60 bits per heavy atom. The molecule has 0 aliphatic heterocycles. The minimum absolute atomic E-state index is 0.0429. The molecular weight excluding hydrogens is 256 g/mol. The Morgan fingerprint density at radius 2 is 2.27 bits per heavy atom. The second kappa shape index (κ2) is 5.28. The van der Waals surface area contributed by atoms with Gasteiger partial charge in [0.05, 0.1) is 0 Å². The Bertz CT molecular complexity index is 366. The molecule has 15 heavy (non-hydrogen) atoms. The lowest BCUT2D eigenvalue weighted by Gasteiger charge is -2.12. The van der Waals surface area contributed by atoms with Gasteiger partial charge in [-0.15, -0.1) is 0 Å². The molecule has 82 valence electrons. The fourth-order valence-electron chi connectivity index (χ4n) is 1.11. The number of hydrogen-bond acceptors (Lipinski definition) is 2. The van der Waals surface area contributed by atoms with Crippen molar-refractivity contribution in [2.75, 3.05) is 11.9 Å². The molecule has 0 saturated carbocycles. The van der Waals surface area contributed by atoms with Crippen molar-refractivity contribution in [3.8, 4) is 0 Å². The van der Waals surface area contributed by atoms with Gasteiger partial charge in [-0.05, 0) is 24.6 Å². The Labute approximate surface area is 98.2 Å². The van der Waals surface area contributed by atoms with Gasteiger partial charge >= 0.3 is 0 Å². The van der Waals surface area contributed by atoms with Crippen LogP contribution < -0.4 is 11.1 Å². The summed E-state index contributed by atoms with van der Waals surface area (Å²) in [4.78, 5) is 11.6. The van der Waals surface area contributed by atoms with E-state index in [-0.39, 0.29) is 11.8 Å². The smallest absolute Gasteiger partial charge is 0.228 e. The van der Waals surface area contributed by atoms with Crippen LogP contribution in [0.4, 0.5) is 5.69 Å². The fraction of sp³-hybridized carbons (Fsp3) is 0.364. The lowest BCUT2D eigenvalue weighted by Crippen LogP contribution is -2.26. The van der Waals surface area contributed by atoms with Crippen LogP contribution in [-0.4, -0.2) is 12.5 Å². The Balaban J connectivity index is 2.81. The summed E-state index contributed by atoms with van der Waals surface area (Å²) in [5, 5.41) is 2.85. The number of halogens is 1. The summed E-state index contributed by atoms with van der Waals surface area (Å²) in [5.74, 6) is -0.206. The molecule has 0 radical (unpaired) electrons. The average molecular weight is 271 g/mol. The number of rotatable bonds is 3. The van der Waals surface area contributed by atoms with Crippen LogP contribution in [0.1, 0.15) is 12.5 Å². The molecule has 1 aromatic carbocycles. The normalized spacial score (nSPS) is 12.3. The van der Waals surface area contributed by atoms with E-state index in [1.807, 2.05) is 32.0 Å². The van der Waals surface area contributed by atoms with Gasteiger partial charge in [0, 0.05) is 22.6 Å². The van der Waals surface area contributed by atoms with E-state index in [9.17, 15) is 4.79 Å². The zero-order valence-corrected chi connectivity index (χ0v) is 10.5. The molecule has 3 nitrogen and oxygen atoms in total. The van der Waals surface area contributed by atoms with Gasteiger partial charge < -0.3 is 11.1 Å². The number of amides is 1. The van der Waals surface area contributed by atoms with Gasteiger partial charge in [-0.25, -0.2) is 0 Å². The third-order valence-corrected chi connectivity index (χ3v) is 3.19. The SMILES string of the molecule is Cc1c(Br)cccc1NC(=O)C(C)CN. The molecule has 1 aromatic rings. The summed E-state index contributed by atoms with van der Waals surface area (Å²) in [6, 6.07) is 5.71. The molecule has 1 atom stereocenters. The lowest BCUT2D eigenvalue weighted by molar-refractivity contribution is -0.119. The van der Waals surface area contributed by atoms with Crippen molar-refractivity contribution >= 4 is 27.5 Å². The van der Waals surface area contributed by atoms with Gasteiger partial charge in [-0.1, -0.05) is 28.9 Å². The van der Waals surface area contributed by atoms with E-state index < -0.39 is 0 Å². The predicted octanol–water partition coefficient (Wildman–Crippen LogP) is 2.29. The topological polar surface area (TPSA) is 55.1 Å². The standard InChI is InChI=1S/C11H15BrN2O/c1-7(6-13)11(15)14-10-5-3-4-9(12)8(10)2/h3-5,7H,6,13H2,1-2H3,(H,14,15). The predicted molar refractivity (Wildman–Crippen MR) is 65.7 cm³/mol. The van der Waals surface area contributed by atoms with Gasteiger partial charge in [-0.2, -0.15) is 0 Å². The van der Waals surface area contributed by atoms with Crippen molar-refractivity contribution in [1.29, 1.82) is 0 Å². The van der Waals surface area contributed by atoms with Crippen LogP contribution in [0.5, 0.6) is 0 Å². The maximum Gasteiger partial charge on any atom is 0.228 e. The third kappa shape index (κ3) is 3.04. The quantitative estimate of drug-likeness (QED) is 0.886. The van der Waals surface area contributed by atoms with Crippen LogP contribution in [-0.2, 0) is 4.79 Å². The lowest BCUT2D eigenvalue weighted by atomic mass is 10.1. The second-order valence-corrected chi connectivity index (χ2v) is 4.39. The largest absolute Gasteiger partial charge is 0.330 e. The number of carbonyl (C=O) groups is 1. The van der Waals surface area contributed by atoms with E-state index in [0.29, 0.717) is 6.54 Å². The first-order valence-electron chi connectivity index (χ1n) is 4.82. The molecule has 3 N–H and O–H groups in total. The highest BCUT2D eigenvalue weighted by molar-refractivity contribution is 9.10. The maximum absolute atomic E-state index is 11.6. The van der Waals surface area contributed by atoms with Gasteiger partial charge in [0.2, 0.25) is 5.91 Å². The minimum atomic E-state index is -0.164. The summed E-state index contributed by atoms with van der Waals surface area (Å²) < 4.78 is 0.987. The first-order chi connectivity index (χ1) is 7.06. The summed E-state index contributed by atoms with van der Waals surface area (Å²) in [6.07, 6.45) is 0. The van der Waals surface area contributed by atoms with Gasteiger partial charge in [0.1, 0.15) is 0 Å². The monoisotopic (exact) mass is 270 g/mol. The number of carbonyl (C=O) groups excluding carboxylic acids is 1.